The van der Waals surface area contributed by atoms with E-state index in [0.29, 0.717) is 5.15 Å². The zero-order valence-corrected chi connectivity index (χ0v) is 8.19. The Kier molecular flexibility index (Phi) is 1.90. The van der Waals surface area contributed by atoms with Crippen LogP contribution in [0.5, 0.6) is 0 Å². The maximum Gasteiger partial charge on any atom is 0.129 e. The molecule has 1 aromatic heterocycles. The molecule has 1 aromatic rings. The first-order valence-corrected chi connectivity index (χ1v) is 4.75. The van der Waals surface area contributed by atoms with E-state index in [9.17, 15) is 0 Å². The fourth-order valence-electron chi connectivity index (χ4n) is 1.13. The Morgan fingerprint density at radius 1 is 1.55 bits per heavy atom. The summed E-state index contributed by atoms with van der Waals surface area (Å²) in [4.78, 5) is 3.97. The van der Waals surface area contributed by atoms with Crippen molar-refractivity contribution in [2.45, 2.75) is 18.8 Å². The highest BCUT2D eigenvalue weighted by Crippen LogP contribution is 2.43. The summed E-state index contributed by atoms with van der Waals surface area (Å²) in [5, 5.41) is 0.593. The van der Waals surface area contributed by atoms with Gasteiger partial charge in [0.25, 0.3) is 0 Å². The van der Waals surface area contributed by atoms with Crippen LogP contribution in [-0.2, 0) is 0 Å². The molecule has 2 rings (SSSR count). The summed E-state index contributed by atoms with van der Waals surface area (Å²) in [5.41, 5.74) is 1.31. The molecule has 1 aliphatic rings. The second-order valence-electron chi connectivity index (χ2n) is 2.80. The number of pyridine rings is 1. The second kappa shape index (κ2) is 2.76. The quantitative estimate of drug-likeness (QED) is 0.677. The molecule has 58 valence electrons. The van der Waals surface area contributed by atoms with Gasteiger partial charge in [0.2, 0.25) is 0 Å². The molecule has 0 unspecified atom stereocenters. The Balaban J connectivity index is 2.42. The first kappa shape index (κ1) is 7.56. The van der Waals surface area contributed by atoms with Crippen molar-refractivity contribution in [3.63, 3.8) is 0 Å². The van der Waals surface area contributed by atoms with E-state index < -0.39 is 0 Å². The molecule has 1 saturated carbocycles. The summed E-state index contributed by atoms with van der Waals surface area (Å²) in [6, 6.07) is 1.95. The van der Waals surface area contributed by atoms with Gasteiger partial charge in [-0.05, 0) is 46.3 Å². The maximum atomic E-state index is 5.76. The number of aromatic nitrogens is 1. The number of halogens is 2. The van der Waals surface area contributed by atoms with Gasteiger partial charge >= 0.3 is 0 Å². The van der Waals surface area contributed by atoms with Crippen LogP contribution in [0.4, 0.5) is 0 Å². The maximum absolute atomic E-state index is 5.76. The van der Waals surface area contributed by atoms with Crippen LogP contribution < -0.4 is 0 Å². The summed E-state index contributed by atoms with van der Waals surface area (Å²) in [6.45, 7) is 0. The van der Waals surface area contributed by atoms with E-state index in [-0.39, 0.29) is 0 Å². The molecule has 0 bridgehead atoms. The third-order valence-corrected chi connectivity index (χ3v) is 2.74. The predicted octanol–water partition coefficient (Wildman–Crippen LogP) is 3.37. The van der Waals surface area contributed by atoms with Gasteiger partial charge in [-0.25, -0.2) is 4.98 Å². The minimum absolute atomic E-state index is 0.593. The van der Waals surface area contributed by atoms with Gasteiger partial charge in [0.05, 0.1) is 0 Å². The molecule has 3 heteroatoms. The highest BCUT2D eigenvalue weighted by Gasteiger charge is 2.25. The molecular formula is C8H7BrClN. The van der Waals surface area contributed by atoms with E-state index in [0.717, 1.165) is 10.4 Å². The van der Waals surface area contributed by atoms with Crippen LogP contribution in [0.15, 0.2) is 16.7 Å². The van der Waals surface area contributed by atoms with E-state index in [1.54, 1.807) is 6.20 Å². The van der Waals surface area contributed by atoms with Crippen molar-refractivity contribution in [1.29, 1.82) is 0 Å². The molecule has 0 aliphatic heterocycles. The van der Waals surface area contributed by atoms with Crippen molar-refractivity contribution >= 4 is 27.5 Å². The average molecular weight is 233 g/mol. The van der Waals surface area contributed by atoms with Crippen LogP contribution in [-0.4, -0.2) is 4.98 Å². The normalized spacial score (nSPS) is 16.9. The Hall–Kier alpha value is -0.0800. The minimum atomic E-state index is 0.593. The lowest BCUT2D eigenvalue weighted by Gasteiger charge is -2.00. The zero-order chi connectivity index (χ0) is 7.84. The predicted molar refractivity (Wildman–Crippen MR) is 48.9 cm³/mol. The number of hydrogen-bond acceptors (Lipinski definition) is 1. The first-order valence-electron chi connectivity index (χ1n) is 3.58. The Labute approximate surface area is 78.9 Å². The SMILES string of the molecule is Clc1cc(C2CC2)c(Br)cn1. The monoisotopic (exact) mass is 231 g/mol. The van der Waals surface area contributed by atoms with Crippen molar-refractivity contribution < 1.29 is 0 Å². The lowest BCUT2D eigenvalue weighted by Crippen LogP contribution is -1.84. The smallest absolute Gasteiger partial charge is 0.129 e. The Morgan fingerprint density at radius 2 is 2.27 bits per heavy atom. The van der Waals surface area contributed by atoms with Gasteiger partial charge in [-0.15, -0.1) is 0 Å². The average Bonchev–Trinajstić information content (AvgIpc) is 2.76. The fraction of sp³-hybridized carbons (Fsp3) is 0.375. The van der Waals surface area contributed by atoms with Crippen molar-refractivity contribution in [3.05, 3.63) is 27.5 Å². The molecular weight excluding hydrogens is 225 g/mol. The molecule has 11 heavy (non-hydrogen) atoms. The molecule has 1 nitrogen and oxygen atoms in total. The number of hydrogen-bond donors (Lipinski definition) is 0. The van der Waals surface area contributed by atoms with Crippen molar-refractivity contribution in [2.24, 2.45) is 0 Å². The van der Waals surface area contributed by atoms with Gasteiger partial charge in [0.1, 0.15) is 5.15 Å². The first-order chi connectivity index (χ1) is 5.27. The Bertz CT molecular complexity index is 283. The lowest BCUT2D eigenvalue weighted by molar-refractivity contribution is 1.09. The largest absolute Gasteiger partial charge is 0.243 e. The molecule has 1 aliphatic carbocycles. The second-order valence-corrected chi connectivity index (χ2v) is 4.04. The van der Waals surface area contributed by atoms with Gasteiger partial charge in [-0.3, -0.25) is 0 Å². The lowest BCUT2D eigenvalue weighted by atomic mass is 10.2. The molecule has 1 heterocycles. The van der Waals surface area contributed by atoms with Crippen LogP contribution in [0.25, 0.3) is 0 Å². The highest BCUT2D eigenvalue weighted by molar-refractivity contribution is 9.10. The zero-order valence-electron chi connectivity index (χ0n) is 5.85. The molecule has 0 radical (unpaired) electrons. The van der Waals surface area contributed by atoms with E-state index >= 15 is 0 Å². The van der Waals surface area contributed by atoms with E-state index in [1.165, 1.54) is 18.4 Å². The topological polar surface area (TPSA) is 12.9 Å². The van der Waals surface area contributed by atoms with Gasteiger partial charge in [-0.1, -0.05) is 11.6 Å². The van der Waals surface area contributed by atoms with Crippen LogP contribution in [0.3, 0.4) is 0 Å². The van der Waals surface area contributed by atoms with Crippen LogP contribution in [0.1, 0.15) is 24.3 Å². The minimum Gasteiger partial charge on any atom is -0.243 e. The summed E-state index contributed by atoms with van der Waals surface area (Å²) in [6.07, 6.45) is 4.36. The molecule has 0 spiro atoms. The van der Waals surface area contributed by atoms with E-state index in [2.05, 4.69) is 20.9 Å². The van der Waals surface area contributed by atoms with Gasteiger partial charge in [0, 0.05) is 10.7 Å². The van der Waals surface area contributed by atoms with Gasteiger partial charge in [-0.2, -0.15) is 0 Å². The summed E-state index contributed by atoms with van der Waals surface area (Å²) < 4.78 is 1.09. The third-order valence-electron chi connectivity index (χ3n) is 1.87. The van der Waals surface area contributed by atoms with E-state index in [4.69, 9.17) is 11.6 Å². The molecule has 0 amide bonds. The summed E-state index contributed by atoms with van der Waals surface area (Å²) in [7, 11) is 0. The standard InChI is InChI=1S/C8H7BrClN/c9-7-4-11-8(10)3-6(7)5-1-2-5/h3-5H,1-2H2. The summed E-state index contributed by atoms with van der Waals surface area (Å²) >= 11 is 9.21. The number of nitrogens with zero attached hydrogens (tertiary/aromatic N) is 1. The molecule has 0 saturated heterocycles. The van der Waals surface area contributed by atoms with Gasteiger partial charge in [0.15, 0.2) is 0 Å². The summed E-state index contributed by atoms with van der Waals surface area (Å²) in [5.74, 6) is 0.727. The van der Waals surface area contributed by atoms with Crippen molar-refractivity contribution in [2.75, 3.05) is 0 Å². The van der Waals surface area contributed by atoms with Gasteiger partial charge < -0.3 is 0 Å². The molecule has 1 fully saturated rings. The van der Waals surface area contributed by atoms with Crippen molar-refractivity contribution in [1.82, 2.24) is 4.98 Å². The van der Waals surface area contributed by atoms with Crippen molar-refractivity contribution in [3.8, 4) is 0 Å². The Morgan fingerprint density at radius 3 is 2.91 bits per heavy atom. The van der Waals surface area contributed by atoms with Crippen LogP contribution in [0.2, 0.25) is 5.15 Å². The fourth-order valence-corrected chi connectivity index (χ4v) is 1.84. The highest BCUT2D eigenvalue weighted by atomic mass is 79.9. The third kappa shape index (κ3) is 1.57. The van der Waals surface area contributed by atoms with E-state index in [1.807, 2.05) is 6.07 Å². The molecule has 0 aromatic carbocycles. The number of rotatable bonds is 1. The molecule has 0 atom stereocenters. The van der Waals surface area contributed by atoms with Crippen LogP contribution in [0, 0.1) is 0 Å². The molecule has 0 N–H and O–H groups in total. The van der Waals surface area contributed by atoms with Crippen LogP contribution >= 0.6 is 27.5 Å².